The molecular weight excluding hydrogens is 354 g/mol. The second kappa shape index (κ2) is 7.78. The largest absolute Gasteiger partial charge is 0.494 e. The highest BCUT2D eigenvalue weighted by molar-refractivity contribution is 5.95. The van der Waals surface area contributed by atoms with E-state index >= 15 is 0 Å². The van der Waals surface area contributed by atoms with E-state index in [1.807, 2.05) is 36.1 Å². The van der Waals surface area contributed by atoms with Gasteiger partial charge in [-0.05, 0) is 50.2 Å². The summed E-state index contributed by atoms with van der Waals surface area (Å²) in [5, 5.41) is 4.47. The molecule has 1 aliphatic carbocycles. The average molecular weight is 381 g/mol. The quantitative estimate of drug-likeness (QED) is 0.818. The van der Waals surface area contributed by atoms with Gasteiger partial charge in [0.2, 0.25) is 0 Å². The lowest BCUT2D eigenvalue weighted by molar-refractivity contribution is 0.0380. The molecule has 1 aromatic carbocycles. The van der Waals surface area contributed by atoms with E-state index < -0.39 is 0 Å². The molecule has 2 atom stereocenters. The zero-order valence-corrected chi connectivity index (χ0v) is 16.6. The zero-order chi connectivity index (χ0) is 19.7. The topological polar surface area (TPSA) is 64.4 Å². The van der Waals surface area contributed by atoms with E-state index in [0.29, 0.717) is 11.6 Å². The number of benzene rings is 1. The number of ether oxygens (including phenoxy) is 1. The van der Waals surface area contributed by atoms with E-state index in [-0.39, 0.29) is 29.0 Å². The third kappa shape index (κ3) is 3.32. The first-order valence-corrected chi connectivity index (χ1v) is 10.2. The van der Waals surface area contributed by atoms with Gasteiger partial charge in [-0.3, -0.25) is 9.59 Å². The molecule has 148 valence electrons. The number of fused-ring (bicyclic) bond motifs is 1. The summed E-state index contributed by atoms with van der Waals surface area (Å²) < 4.78 is 6.68. The van der Waals surface area contributed by atoms with Crippen LogP contribution >= 0.6 is 0 Å². The molecule has 1 amide bonds. The fraction of sp³-hybridized carbons (Fsp3) is 0.500. The number of nitrogens with zero attached hydrogens (tertiary/aromatic N) is 3. The molecule has 0 N–H and O–H groups in total. The van der Waals surface area contributed by atoms with Crippen molar-refractivity contribution in [1.29, 1.82) is 0 Å². The second-order valence-corrected chi connectivity index (χ2v) is 7.85. The van der Waals surface area contributed by atoms with Gasteiger partial charge >= 0.3 is 0 Å². The van der Waals surface area contributed by atoms with Crippen LogP contribution in [0.4, 0.5) is 0 Å². The second-order valence-electron chi connectivity index (χ2n) is 7.85. The number of amides is 1. The molecule has 0 spiro atoms. The maximum atomic E-state index is 13.5. The van der Waals surface area contributed by atoms with Crippen molar-refractivity contribution >= 4 is 5.91 Å². The van der Waals surface area contributed by atoms with E-state index in [0.717, 1.165) is 31.4 Å². The van der Waals surface area contributed by atoms with Gasteiger partial charge in [-0.1, -0.05) is 31.0 Å². The number of piperidine rings is 1. The van der Waals surface area contributed by atoms with Gasteiger partial charge in [0.1, 0.15) is 0 Å². The predicted octanol–water partition coefficient (Wildman–Crippen LogP) is 3.34. The Kier molecular flexibility index (Phi) is 5.20. The van der Waals surface area contributed by atoms with Crippen LogP contribution in [0.2, 0.25) is 0 Å². The fourth-order valence-electron chi connectivity index (χ4n) is 4.73. The van der Waals surface area contributed by atoms with Gasteiger partial charge in [0.25, 0.3) is 11.5 Å². The van der Waals surface area contributed by atoms with E-state index in [9.17, 15) is 9.59 Å². The summed E-state index contributed by atoms with van der Waals surface area (Å²) in [5.74, 6) is 0.702. The SMILES string of the molecule is COc1cc(=O)n(-c2ccccc2C)nc1C(=O)N1CCCC2CCCCC21. The van der Waals surface area contributed by atoms with Gasteiger partial charge in [-0.15, -0.1) is 0 Å². The molecule has 1 aliphatic heterocycles. The van der Waals surface area contributed by atoms with E-state index in [1.165, 1.54) is 37.1 Å². The number of carbonyl (C=O) groups excluding carboxylic acids is 1. The van der Waals surface area contributed by atoms with Crippen molar-refractivity contribution in [2.24, 2.45) is 5.92 Å². The van der Waals surface area contributed by atoms with Crippen LogP contribution in [0.25, 0.3) is 5.69 Å². The molecule has 6 heteroatoms. The fourth-order valence-corrected chi connectivity index (χ4v) is 4.73. The number of carbonyl (C=O) groups is 1. The number of hydrogen-bond acceptors (Lipinski definition) is 4. The molecule has 2 aromatic rings. The van der Waals surface area contributed by atoms with Crippen LogP contribution in [-0.2, 0) is 0 Å². The summed E-state index contributed by atoms with van der Waals surface area (Å²) in [6.07, 6.45) is 6.88. The van der Waals surface area contributed by atoms with Crippen molar-refractivity contribution in [3.8, 4) is 11.4 Å². The standard InChI is InChI=1S/C22H27N3O3/c1-15-8-3-5-11-17(15)25-20(26)14-19(28-2)21(23-25)22(27)24-13-7-10-16-9-4-6-12-18(16)24/h3,5,8,11,14,16,18H,4,6-7,9-10,12-13H2,1-2H3. The van der Waals surface area contributed by atoms with E-state index in [2.05, 4.69) is 5.10 Å². The van der Waals surface area contributed by atoms with Crippen LogP contribution in [0.5, 0.6) is 5.75 Å². The molecule has 2 aliphatic rings. The summed E-state index contributed by atoms with van der Waals surface area (Å²) in [7, 11) is 1.48. The van der Waals surface area contributed by atoms with Crippen molar-refractivity contribution < 1.29 is 9.53 Å². The normalized spacial score (nSPS) is 21.9. The molecule has 1 saturated heterocycles. The van der Waals surface area contributed by atoms with Gasteiger partial charge in [-0.2, -0.15) is 9.78 Å². The number of hydrogen-bond donors (Lipinski definition) is 0. The average Bonchev–Trinajstić information content (AvgIpc) is 2.73. The highest BCUT2D eigenvalue weighted by Gasteiger charge is 2.37. The Bertz CT molecular complexity index is 935. The molecule has 2 unspecified atom stereocenters. The molecule has 2 heterocycles. The molecule has 2 fully saturated rings. The molecule has 6 nitrogen and oxygen atoms in total. The van der Waals surface area contributed by atoms with E-state index in [4.69, 9.17) is 4.74 Å². The lowest BCUT2D eigenvalue weighted by Crippen LogP contribution is -2.50. The number of rotatable bonds is 3. The third-order valence-corrected chi connectivity index (χ3v) is 6.17. The van der Waals surface area contributed by atoms with Crippen LogP contribution in [0, 0.1) is 12.8 Å². The monoisotopic (exact) mass is 381 g/mol. The molecule has 4 rings (SSSR count). The molecule has 0 bridgehead atoms. The Labute approximate surface area is 165 Å². The minimum Gasteiger partial charge on any atom is -0.494 e. The van der Waals surface area contributed by atoms with Crippen LogP contribution in [0.3, 0.4) is 0 Å². The van der Waals surface area contributed by atoms with Gasteiger partial charge < -0.3 is 9.64 Å². The van der Waals surface area contributed by atoms with Crippen LogP contribution < -0.4 is 10.3 Å². The summed E-state index contributed by atoms with van der Waals surface area (Å²) in [6.45, 7) is 2.67. The van der Waals surface area contributed by atoms with Crippen LogP contribution in [-0.4, -0.2) is 40.3 Å². The lowest BCUT2D eigenvalue weighted by atomic mass is 9.78. The first-order chi connectivity index (χ1) is 13.6. The first-order valence-electron chi connectivity index (χ1n) is 10.2. The van der Waals surface area contributed by atoms with Crippen molar-refractivity contribution in [2.45, 2.75) is 51.5 Å². The number of methoxy groups -OCH3 is 1. The predicted molar refractivity (Wildman–Crippen MR) is 107 cm³/mol. The highest BCUT2D eigenvalue weighted by atomic mass is 16.5. The van der Waals surface area contributed by atoms with Gasteiger partial charge in [0, 0.05) is 12.6 Å². The maximum Gasteiger partial charge on any atom is 0.278 e. The maximum absolute atomic E-state index is 13.5. The minimum absolute atomic E-state index is 0.129. The van der Waals surface area contributed by atoms with Crippen LogP contribution in [0.15, 0.2) is 35.1 Å². The smallest absolute Gasteiger partial charge is 0.278 e. The van der Waals surface area contributed by atoms with Crippen molar-refractivity contribution in [2.75, 3.05) is 13.7 Å². The third-order valence-electron chi connectivity index (χ3n) is 6.17. The zero-order valence-electron chi connectivity index (χ0n) is 16.6. The summed E-state index contributed by atoms with van der Waals surface area (Å²) in [4.78, 5) is 28.1. The van der Waals surface area contributed by atoms with Gasteiger partial charge in [-0.25, -0.2) is 0 Å². The Morgan fingerprint density at radius 3 is 2.68 bits per heavy atom. The molecule has 0 radical (unpaired) electrons. The Balaban J connectivity index is 1.76. The van der Waals surface area contributed by atoms with E-state index in [1.54, 1.807) is 0 Å². The summed E-state index contributed by atoms with van der Waals surface area (Å²) in [5.41, 5.74) is 1.51. The number of para-hydroxylation sites is 1. The van der Waals surface area contributed by atoms with Gasteiger partial charge in [0.15, 0.2) is 11.4 Å². The van der Waals surface area contributed by atoms with Crippen molar-refractivity contribution in [1.82, 2.24) is 14.7 Å². The summed E-state index contributed by atoms with van der Waals surface area (Å²) in [6, 6.07) is 9.18. The molecular formula is C22H27N3O3. The minimum atomic E-state index is -0.308. The van der Waals surface area contributed by atoms with Crippen LogP contribution in [0.1, 0.15) is 54.6 Å². The Morgan fingerprint density at radius 2 is 1.89 bits per heavy atom. The van der Waals surface area contributed by atoms with Crippen molar-refractivity contribution in [3.05, 3.63) is 51.9 Å². The summed E-state index contributed by atoms with van der Waals surface area (Å²) >= 11 is 0. The lowest BCUT2D eigenvalue weighted by Gasteiger charge is -2.44. The Morgan fingerprint density at radius 1 is 1.14 bits per heavy atom. The Hall–Kier alpha value is -2.63. The molecule has 28 heavy (non-hydrogen) atoms. The molecule has 1 aromatic heterocycles. The number of likely N-dealkylation sites (tertiary alicyclic amines) is 1. The number of aromatic nitrogens is 2. The van der Waals surface area contributed by atoms with Crippen molar-refractivity contribution in [3.63, 3.8) is 0 Å². The van der Waals surface area contributed by atoms with Gasteiger partial charge in [0.05, 0.1) is 18.9 Å². The number of aryl methyl sites for hydroxylation is 1. The molecule has 1 saturated carbocycles. The highest BCUT2D eigenvalue weighted by Crippen LogP contribution is 2.36. The first kappa shape index (κ1) is 18.7.